The fourth-order valence-corrected chi connectivity index (χ4v) is 4.67. The van der Waals surface area contributed by atoms with Gasteiger partial charge in [-0.15, -0.1) is 0 Å². The van der Waals surface area contributed by atoms with Crippen LogP contribution in [0.25, 0.3) is 5.69 Å². The molecule has 1 amide bonds. The fraction of sp³-hybridized carbons (Fsp3) is 0.385. The highest BCUT2D eigenvalue weighted by Gasteiger charge is 2.38. The van der Waals surface area contributed by atoms with E-state index in [1.807, 2.05) is 19.1 Å². The number of nitrogens with zero attached hydrogens (tertiary/aromatic N) is 4. The number of aromatic nitrogens is 3. The summed E-state index contributed by atoms with van der Waals surface area (Å²) in [6.07, 6.45) is 7.73. The second kappa shape index (κ2) is 8.45. The molecular weight excluding hydrogens is 414 g/mol. The maximum absolute atomic E-state index is 12.9. The molecule has 2 aliphatic rings. The molecule has 2 fully saturated rings. The van der Waals surface area contributed by atoms with E-state index in [1.165, 1.54) is 18.4 Å². The van der Waals surface area contributed by atoms with Gasteiger partial charge in [-0.3, -0.25) is 9.78 Å². The Bertz CT molecular complexity index is 1190. The number of hydrogen-bond acceptors (Lipinski definition) is 5. The second-order valence-corrected chi connectivity index (χ2v) is 9.23. The first-order chi connectivity index (χ1) is 16.0. The van der Waals surface area contributed by atoms with Crippen LogP contribution in [0, 0.1) is 18.3 Å². The van der Waals surface area contributed by atoms with Crippen molar-refractivity contribution in [2.45, 2.75) is 62.9 Å². The van der Waals surface area contributed by atoms with Crippen LogP contribution in [-0.4, -0.2) is 31.9 Å². The van der Waals surface area contributed by atoms with Gasteiger partial charge in [-0.25, -0.2) is 4.68 Å². The predicted molar refractivity (Wildman–Crippen MR) is 124 cm³/mol. The number of carbonyl (C=O) groups excluding carboxylic acids is 1. The number of pyridine rings is 1. The lowest BCUT2D eigenvalue weighted by molar-refractivity contribution is 0.102. The molecule has 2 aliphatic carbocycles. The van der Waals surface area contributed by atoms with E-state index in [1.54, 1.807) is 29.2 Å². The quantitative estimate of drug-likeness (QED) is 0.611. The van der Waals surface area contributed by atoms with Crippen LogP contribution in [-0.2, 0) is 5.41 Å². The number of rotatable bonds is 5. The Morgan fingerprint density at radius 2 is 1.85 bits per heavy atom. The Morgan fingerprint density at radius 3 is 2.45 bits per heavy atom. The van der Waals surface area contributed by atoms with Crippen molar-refractivity contribution in [2.24, 2.45) is 0 Å². The van der Waals surface area contributed by atoms with Gasteiger partial charge in [-0.1, -0.05) is 12.1 Å². The largest absolute Gasteiger partial charge is 0.393 e. The van der Waals surface area contributed by atoms with E-state index in [9.17, 15) is 15.2 Å². The summed E-state index contributed by atoms with van der Waals surface area (Å²) in [6, 6.07) is 14.4. The number of aliphatic hydroxyl groups excluding tert-OH is 1. The summed E-state index contributed by atoms with van der Waals surface area (Å²) in [5.41, 5.74) is 4.14. The number of nitriles is 1. The molecule has 3 aromatic rings. The van der Waals surface area contributed by atoms with Crippen LogP contribution < -0.4 is 5.32 Å². The molecule has 0 bridgehead atoms. The van der Waals surface area contributed by atoms with E-state index in [0.717, 1.165) is 11.4 Å². The van der Waals surface area contributed by atoms with Crippen molar-refractivity contribution >= 4 is 11.6 Å². The van der Waals surface area contributed by atoms with Crippen molar-refractivity contribution < 1.29 is 9.90 Å². The molecule has 7 heteroatoms. The zero-order valence-corrected chi connectivity index (χ0v) is 18.7. The highest BCUT2D eigenvalue weighted by atomic mass is 16.3. The van der Waals surface area contributed by atoms with E-state index in [0.29, 0.717) is 48.5 Å². The smallest absolute Gasteiger partial charge is 0.259 e. The summed E-state index contributed by atoms with van der Waals surface area (Å²) in [5, 5.41) is 26.9. The lowest BCUT2D eigenvalue weighted by Gasteiger charge is -2.32. The minimum Gasteiger partial charge on any atom is -0.393 e. The SMILES string of the molecule is Cc1c(C(=O)Nc2ccc([C@]3(C#N)CC[C@@H](O)CC3)nc2)cnn1-c1ccc(C2CC2)cc1. The molecule has 7 nitrogen and oxygen atoms in total. The van der Waals surface area contributed by atoms with E-state index in [2.05, 4.69) is 33.6 Å². The van der Waals surface area contributed by atoms with Gasteiger partial charge >= 0.3 is 0 Å². The van der Waals surface area contributed by atoms with Gasteiger partial charge < -0.3 is 10.4 Å². The Balaban J connectivity index is 1.29. The monoisotopic (exact) mass is 441 g/mol. The number of nitrogens with one attached hydrogen (secondary N) is 1. The third-order valence-corrected chi connectivity index (χ3v) is 6.98. The summed E-state index contributed by atoms with van der Waals surface area (Å²) >= 11 is 0. The molecule has 0 spiro atoms. The summed E-state index contributed by atoms with van der Waals surface area (Å²) in [7, 11) is 0. The van der Waals surface area contributed by atoms with E-state index < -0.39 is 5.41 Å². The lowest BCUT2D eigenvalue weighted by Crippen LogP contribution is -2.33. The third-order valence-electron chi connectivity index (χ3n) is 6.98. The van der Waals surface area contributed by atoms with Gasteiger partial charge in [0.25, 0.3) is 5.91 Å². The Hall–Kier alpha value is -3.50. The second-order valence-electron chi connectivity index (χ2n) is 9.23. The molecular formula is C26H27N5O2. The van der Waals surface area contributed by atoms with Crippen molar-refractivity contribution in [1.29, 1.82) is 5.26 Å². The molecule has 0 atom stereocenters. The minimum absolute atomic E-state index is 0.251. The van der Waals surface area contributed by atoms with Gasteiger partial charge in [0.15, 0.2) is 0 Å². The third kappa shape index (κ3) is 4.14. The highest BCUT2D eigenvalue weighted by molar-refractivity contribution is 6.04. The van der Waals surface area contributed by atoms with Crippen LogP contribution in [0.2, 0.25) is 0 Å². The highest BCUT2D eigenvalue weighted by Crippen LogP contribution is 2.40. The average molecular weight is 442 g/mol. The summed E-state index contributed by atoms with van der Waals surface area (Å²) in [6.45, 7) is 1.88. The van der Waals surface area contributed by atoms with Gasteiger partial charge in [-0.05, 0) is 81.2 Å². The number of aliphatic hydroxyl groups is 1. The lowest BCUT2D eigenvalue weighted by atomic mass is 9.72. The van der Waals surface area contributed by atoms with Gasteiger partial charge in [0.05, 0.1) is 58.3 Å². The molecule has 2 aromatic heterocycles. The number of benzene rings is 1. The predicted octanol–water partition coefficient (Wildman–Crippen LogP) is 4.40. The molecule has 5 rings (SSSR count). The van der Waals surface area contributed by atoms with Crippen molar-refractivity contribution in [1.82, 2.24) is 14.8 Å². The zero-order valence-electron chi connectivity index (χ0n) is 18.7. The van der Waals surface area contributed by atoms with Crippen LogP contribution in [0.15, 0.2) is 48.8 Å². The first kappa shape index (κ1) is 21.4. The van der Waals surface area contributed by atoms with Crippen molar-refractivity contribution in [3.8, 4) is 11.8 Å². The van der Waals surface area contributed by atoms with Gasteiger partial charge in [0, 0.05) is 0 Å². The van der Waals surface area contributed by atoms with Gasteiger partial charge in [0.1, 0.15) is 0 Å². The zero-order chi connectivity index (χ0) is 23.0. The van der Waals surface area contributed by atoms with Gasteiger partial charge in [0.2, 0.25) is 0 Å². The molecule has 0 aliphatic heterocycles. The van der Waals surface area contributed by atoms with E-state index in [-0.39, 0.29) is 12.0 Å². The van der Waals surface area contributed by atoms with E-state index in [4.69, 9.17) is 0 Å². The van der Waals surface area contributed by atoms with Crippen molar-refractivity contribution in [2.75, 3.05) is 5.32 Å². The summed E-state index contributed by atoms with van der Waals surface area (Å²) in [5.74, 6) is 0.450. The minimum atomic E-state index is -0.672. The molecule has 0 radical (unpaired) electrons. The average Bonchev–Trinajstić information content (AvgIpc) is 3.62. The van der Waals surface area contributed by atoms with Crippen molar-refractivity contribution in [3.63, 3.8) is 0 Å². The fourth-order valence-electron chi connectivity index (χ4n) is 4.67. The molecule has 2 heterocycles. The maximum Gasteiger partial charge on any atom is 0.259 e. The Morgan fingerprint density at radius 1 is 1.12 bits per heavy atom. The van der Waals surface area contributed by atoms with Crippen LogP contribution in [0.5, 0.6) is 0 Å². The van der Waals surface area contributed by atoms with E-state index >= 15 is 0 Å². The number of hydrogen-bond donors (Lipinski definition) is 2. The molecule has 1 aromatic carbocycles. The normalized spacial score (nSPS) is 22.5. The first-order valence-corrected chi connectivity index (χ1v) is 11.5. The maximum atomic E-state index is 12.9. The molecule has 2 N–H and O–H groups in total. The summed E-state index contributed by atoms with van der Waals surface area (Å²) in [4.78, 5) is 17.4. The molecule has 168 valence electrons. The Kier molecular flexibility index (Phi) is 5.47. The number of anilines is 1. The molecule has 2 saturated carbocycles. The number of carbonyl (C=O) groups is 1. The topological polar surface area (TPSA) is 104 Å². The molecule has 0 unspecified atom stereocenters. The first-order valence-electron chi connectivity index (χ1n) is 11.5. The number of amides is 1. The summed E-state index contributed by atoms with van der Waals surface area (Å²) < 4.78 is 1.78. The van der Waals surface area contributed by atoms with Crippen LogP contribution in [0.3, 0.4) is 0 Å². The standard InChI is InChI=1S/C26H27N5O2/c1-17-23(15-29-31(17)21-7-4-19(5-8-21)18-2-3-18)25(33)30-20-6-9-24(28-14-20)26(16-27)12-10-22(32)11-13-26/h4-9,14-15,18,22,32H,2-3,10-13H2,1H3,(H,30,33)/t22-,26-. The van der Waals surface area contributed by atoms with Crippen LogP contribution in [0.1, 0.15) is 71.8 Å². The van der Waals surface area contributed by atoms with Crippen LogP contribution >= 0.6 is 0 Å². The molecule has 0 saturated heterocycles. The molecule has 33 heavy (non-hydrogen) atoms. The Labute approximate surface area is 193 Å². The van der Waals surface area contributed by atoms with Crippen LogP contribution in [0.4, 0.5) is 5.69 Å². The van der Waals surface area contributed by atoms with Gasteiger partial charge in [-0.2, -0.15) is 10.4 Å². The van der Waals surface area contributed by atoms with Crippen molar-refractivity contribution in [3.05, 3.63) is 71.3 Å².